The van der Waals surface area contributed by atoms with E-state index >= 15 is 0 Å². The molecule has 2 aliphatic heterocycles. The first-order chi connectivity index (χ1) is 15.8. The number of benzene rings is 2. The number of hydrogen-bond donors (Lipinski definition) is 0. The Kier molecular flexibility index (Phi) is 6.86. The van der Waals surface area contributed by atoms with E-state index in [4.69, 9.17) is 4.74 Å². The van der Waals surface area contributed by atoms with Crippen LogP contribution in [0.3, 0.4) is 0 Å². The first kappa shape index (κ1) is 23.4. The monoisotopic (exact) mass is 470 g/mol. The largest absolute Gasteiger partial charge is 0.452 e. The first-order valence-electron chi connectivity index (χ1n) is 11.5. The van der Waals surface area contributed by atoms with Gasteiger partial charge in [-0.3, -0.25) is 4.79 Å². The Morgan fingerprint density at radius 1 is 1.06 bits per heavy atom. The Balaban J connectivity index is 1.48. The van der Waals surface area contributed by atoms with Crippen LogP contribution in [0.4, 0.5) is 5.69 Å². The van der Waals surface area contributed by atoms with Crippen LogP contribution in [0.1, 0.15) is 54.1 Å². The van der Waals surface area contributed by atoms with Gasteiger partial charge in [-0.25, -0.2) is 13.2 Å². The number of piperidine rings is 1. The van der Waals surface area contributed by atoms with Gasteiger partial charge in [0, 0.05) is 24.8 Å². The van der Waals surface area contributed by atoms with Crippen LogP contribution >= 0.6 is 0 Å². The lowest BCUT2D eigenvalue weighted by molar-refractivity contribution is -0.122. The van der Waals surface area contributed by atoms with E-state index < -0.39 is 22.6 Å². The van der Waals surface area contributed by atoms with Crippen LogP contribution in [-0.4, -0.2) is 50.3 Å². The summed E-state index contributed by atoms with van der Waals surface area (Å²) in [6.07, 6.45) is 4.43. The number of nitrogens with zero attached hydrogens (tertiary/aromatic N) is 2. The molecule has 0 saturated carbocycles. The van der Waals surface area contributed by atoms with Crippen LogP contribution in [0.15, 0.2) is 47.4 Å². The predicted molar refractivity (Wildman–Crippen MR) is 126 cm³/mol. The van der Waals surface area contributed by atoms with E-state index in [1.54, 1.807) is 17.9 Å². The first-order valence-corrected chi connectivity index (χ1v) is 12.9. The van der Waals surface area contributed by atoms with E-state index in [-0.39, 0.29) is 22.4 Å². The molecule has 2 aliphatic rings. The van der Waals surface area contributed by atoms with Crippen molar-refractivity contribution in [2.45, 2.75) is 56.9 Å². The Morgan fingerprint density at radius 2 is 1.79 bits per heavy atom. The van der Waals surface area contributed by atoms with Crippen LogP contribution in [0, 0.1) is 6.92 Å². The van der Waals surface area contributed by atoms with Crippen molar-refractivity contribution in [2.75, 3.05) is 24.6 Å². The van der Waals surface area contributed by atoms with E-state index in [0.29, 0.717) is 18.7 Å². The number of para-hydroxylation sites is 1. The Hall–Kier alpha value is -2.71. The maximum absolute atomic E-state index is 13.1. The second-order valence-electron chi connectivity index (χ2n) is 8.80. The highest BCUT2D eigenvalue weighted by atomic mass is 32.2. The van der Waals surface area contributed by atoms with Gasteiger partial charge in [-0.15, -0.1) is 0 Å². The molecule has 2 aromatic carbocycles. The number of fused-ring (bicyclic) bond motifs is 1. The van der Waals surface area contributed by atoms with Crippen molar-refractivity contribution in [3.63, 3.8) is 0 Å². The zero-order chi connectivity index (χ0) is 23.6. The second kappa shape index (κ2) is 9.65. The third-order valence-corrected chi connectivity index (χ3v) is 8.52. The van der Waals surface area contributed by atoms with Crippen LogP contribution in [0.2, 0.25) is 0 Å². The molecule has 0 radical (unpaired) electrons. The molecule has 0 spiro atoms. The number of carbonyl (C=O) groups is 2. The average molecular weight is 471 g/mol. The number of carbonyl (C=O) groups excluding carboxylic acids is 2. The van der Waals surface area contributed by atoms with E-state index in [1.165, 1.54) is 16.4 Å². The maximum atomic E-state index is 13.1. The highest BCUT2D eigenvalue weighted by Crippen LogP contribution is 2.30. The molecule has 0 N–H and O–H groups in total. The number of hydrogen-bond acceptors (Lipinski definition) is 5. The zero-order valence-corrected chi connectivity index (χ0v) is 19.9. The molecular formula is C25H30N2O5S. The van der Waals surface area contributed by atoms with Crippen LogP contribution in [-0.2, 0) is 26.0 Å². The molecule has 0 aromatic heterocycles. The van der Waals surface area contributed by atoms with Crippen molar-refractivity contribution in [3.8, 4) is 0 Å². The van der Waals surface area contributed by atoms with E-state index in [0.717, 1.165) is 43.4 Å². The average Bonchev–Trinajstić information content (AvgIpc) is 2.83. The molecule has 0 aliphatic carbocycles. The molecule has 1 unspecified atom stereocenters. The molecule has 7 nitrogen and oxygen atoms in total. The smallest absolute Gasteiger partial charge is 0.338 e. The minimum absolute atomic E-state index is 0.00626. The number of rotatable bonds is 5. The van der Waals surface area contributed by atoms with Gasteiger partial charge in [0.1, 0.15) is 0 Å². The summed E-state index contributed by atoms with van der Waals surface area (Å²) in [5, 5.41) is 0. The summed E-state index contributed by atoms with van der Waals surface area (Å²) in [5.41, 5.74) is 2.65. The molecular weight excluding hydrogens is 440 g/mol. The molecule has 33 heavy (non-hydrogen) atoms. The summed E-state index contributed by atoms with van der Waals surface area (Å²) in [7, 11) is -3.69. The summed E-state index contributed by atoms with van der Waals surface area (Å²) in [5.74, 6) is -1.01. The summed E-state index contributed by atoms with van der Waals surface area (Å²) >= 11 is 0. The van der Waals surface area contributed by atoms with Crippen LogP contribution < -0.4 is 4.90 Å². The third kappa shape index (κ3) is 4.82. The lowest BCUT2D eigenvalue weighted by atomic mass is 9.96. The van der Waals surface area contributed by atoms with Gasteiger partial charge in [0.2, 0.25) is 10.0 Å². The molecule has 1 saturated heterocycles. The summed E-state index contributed by atoms with van der Waals surface area (Å²) < 4.78 is 33.0. The van der Waals surface area contributed by atoms with Gasteiger partial charge in [0.05, 0.1) is 10.5 Å². The van der Waals surface area contributed by atoms with E-state index in [9.17, 15) is 18.0 Å². The molecule has 176 valence electrons. The lowest BCUT2D eigenvalue weighted by Crippen LogP contribution is -2.44. The standard InChI is InChI=1S/C25H30N2O5S/c1-18-10-12-21(16-23(18)33(30,31)26-14-6-3-7-15-26)25(29)32-17-24(28)27-19(2)11-13-20-8-4-5-9-22(20)27/h4-5,8-10,12,16,19H,3,6-7,11,13-15,17H2,1-2H3. The normalized spacial score (nSPS) is 19.1. The molecule has 8 heteroatoms. The number of aryl methyl sites for hydroxylation is 2. The third-order valence-electron chi connectivity index (χ3n) is 6.48. The van der Waals surface area contributed by atoms with Gasteiger partial charge in [-0.1, -0.05) is 30.7 Å². The van der Waals surface area contributed by atoms with Gasteiger partial charge >= 0.3 is 5.97 Å². The van der Waals surface area contributed by atoms with Gasteiger partial charge in [-0.2, -0.15) is 4.31 Å². The highest BCUT2D eigenvalue weighted by molar-refractivity contribution is 7.89. The fraction of sp³-hybridized carbons (Fsp3) is 0.440. The minimum Gasteiger partial charge on any atom is -0.452 e. The summed E-state index contributed by atoms with van der Waals surface area (Å²) in [6, 6.07) is 12.3. The SMILES string of the molecule is Cc1ccc(C(=O)OCC(=O)N2c3ccccc3CCC2C)cc1S(=O)(=O)N1CCCCC1. The number of amides is 1. The lowest BCUT2D eigenvalue weighted by Gasteiger charge is -2.35. The molecule has 4 rings (SSSR count). The van der Waals surface area contributed by atoms with Crippen molar-refractivity contribution in [1.29, 1.82) is 0 Å². The van der Waals surface area contributed by atoms with Crippen LogP contribution in [0.25, 0.3) is 0 Å². The number of anilines is 1. The zero-order valence-electron chi connectivity index (χ0n) is 19.1. The van der Waals surface area contributed by atoms with Gasteiger partial charge < -0.3 is 9.64 Å². The van der Waals surface area contributed by atoms with Crippen molar-refractivity contribution < 1.29 is 22.7 Å². The number of esters is 1. The van der Waals surface area contributed by atoms with Gasteiger partial charge in [0.25, 0.3) is 5.91 Å². The van der Waals surface area contributed by atoms with E-state index in [2.05, 4.69) is 0 Å². The highest BCUT2D eigenvalue weighted by Gasteiger charge is 2.30. The number of sulfonamides is 1. The Labute approximate surface area is 195 Å². The fourth-order valence-electron chi connectivity index (χ4n) is 4.60. The second-order valence-corrected chi connectivity index (χ2v) is 10.7. The summed E-state index contributed by atoms with van der Waals surface area (Å²) in [4.78, 5) is 27.5. The molecule has 1 atom stereocenters. The molecule has 1 fully saturated rings. The molecule has 2 aromatic rings. The molecule has 0 bridgehead atoms. The predicted octanol–water partition coefficient (Wildman–Crippen LogP) is 3.69. The van der Waals surface area contributed by atoms with Crippen LogP contribution in [0.5, 0.6) is 0 Å². The quantitative estimate of drug-likeness (QED) is 0.623. The summed E-state index contributed by atoms with van der Waals surface area (Å²) in [6.45, 7) is 4.26. The van der Waals surface area contributed by atoms with Crippen molar-refractivity contribution in [2.24, 2.45) is 0 Å². The van der Waals surface area contributed by atoms with Gasteiger partial charge in [0.15, 0.2) is 6.61 Å². The Morgan fingerprint density at radius 3 is 2.55 bits per heavy atom. The maximum Gasteiger partial charge on any atom is 0.338 e. The van der Waals surface area contributed by atoms with Crippen molar-refractivity contribution >= 4 is 27.6 Å². The fourth-order valence-corrected chi connectivity index (χ4v) is 6.37. The van der Waals surface area contributed by atoms with Gasteiger partial charge in [-0.05, 0) is 68.9 Å². The molecule has 1 amide bonds. The number of ether oxygens (including phenoxy) is 1. The topological polar surface area (TPSA) is 84.0 Å². The molecule has 2 heterocycles. The van der Waals surface area contributed by atoms with Crippen molar-refractivity contribution in [1.82, 2.24) is 4.31 Å². The van der Waals surface area contributed by atoms with E-state index in [1.807, 2.05) is 31.2 Å². The van der Waals surface area contributed by atoms with Crippen molar-refractivity contribution in [3.05, 3.63) is 59.2 Å². The minimum atomic E-state index is -3.69. The Bertz CT molecular complexity index is 1160.